The van der Waals surface area contributed by atoms with Crippen molar-refractivity contribution in [3.63, 3.8) is 0 Å². The molecule has 0 spiro atoms. The third kappa shape index (κ3) is 3.20. The molecule has 0 fully saturated rings. The van der Waals surface area contributed by atoms with E-state index >= 15 is 0 Å². The molecule has 2 aromatic rings. The minimum atomic E-state index is -0.0794. The van der Waals surface area contributed by atoms with E-state index in [1.807, 2.05) is 31.2 Å². The highest BCUT2D eigenvalue weighted by Crippen LogP contribution is 2.17. The van der Waals surface area contributed by atoms with Gasteiger partial charge in [0.1, 0.15) is 0 Å². The lowest BCUT2D eigenvalue weighted by Crippen LogP contribution is -2.24. The Hall–Kier alpha value is -1.81. The molecule has 0 unspecified atom stereocenters. The average molecular weight is 292 g/mol. The first kappa shape index (κ1) is 14.6. The van der Waals surface area contributed by atoms with Crippen molar-refractivity contribution in [1.29, 1.82) is 0 Å². The molecule has 0 aliphatic carbocycles. The van der Waals surface area contributed by atoms with E-state index in [9.17, 15) is 4.79 Å². The minimum absolute atomic E-state index is 0.0794. The number of rotatable bonds is 5. The van der Waals surface area contributed by atoms with Gasteiger partial charge in [-0.15, -0.1) is 0 Å². The van der Waals surface area contributed by atoms with Crippen molar-refractivity contribution in [2.45, 2.75) is 26.7 Å². The predicted octanol–water partition coefficient (Wildman–Crippen LogP) is 3.36. The summed E-state index contributed by atoms with van der Waals surface area (Å²) in [5, 5.41) is 7.82. The number of hydrogen-bond acceptors (Lipinski definition) is 2. The minimum Gasteiger partial charge on any atom is -0.352 e. The van der Waals surface area contributed by atoms with E-state index in [4.69, 9.17) is 11.6 Å². The van der Waals surface area contributed by atoms with Gasteiger partial charge in [-0.05, 0) is 31.5 Å². The normalized spacial score (nSPS) is 10.6. The van der Waals surface area contributed by atoms with Crippen molar-refractivity contribution in [3.8, 4) is 5.69 Å². The van der Waals surface area contributed by atoms with Crippen molar-refractivity contribution in [1.82, 2.24) is 15.1 Å². The van der Waals surface area contributed by atoms with E-state index in [0.29, 0.717) is 17.1 Å². The molecule has 2 rings (SSSR count). The lowest BCUT2D eigenvalue weighted by molar-refractivity contribution is 0.0952. The number of hydrogen-bond donors (Lipinski definition) is 1. The van der Waals surface area contributed by atoms with Crippen molar-refractivity contribution in [3.05, 3.63) is 46.7 Å². The van der Waals surface area contributed by atoms with Gasteiger partial charge in [-0.3, -0.25) is 4.79 Å². The van der Waals surface area contributed by atoms with Gasteiger partial charge in [0.2, 0.25) is 0 Å². The molecular weight excluding hydrogens is 274 g/mol. The second-order valence-corrected chi connectivity index (χ2v) is 5.08. The van der Waals surface area contributed by atoms with Gasteiger partial charge < -0.3 is 5.32 Å². The van der Waals surface area contributed by atoms with Crippen molar-refractivity contribution in [2.75, 3.05) is 6.54 Å². The fraction of sp³-hybridized carbons (Fsp3) is 0.333. The second kappa shape index (κ2) is 6.57. The number of nitrogens with one attached hydrogen (secondary N) is 1. The maximum Gasteiger partial charge on any atom is 0.254 e. The van der Waals surface area contributed by atoms with Gasteiger partial charge in [0.05, 0.1) is 23.1 Å². The highest BCUT2D eigenvalue weighted by molar-refractivity contribution is 6.30. The number of unbranched alkanes of at least 4 members (excludes halogenated alkanes) is 1. The van der Waals surface area contributed by atoms with E-state index in [1.165, 1.54) is 0 Å². The molecule has 0 saturated carbocycles. The largest absolute Gasteiger partial charge is 0.352 e. The number of aromatic nitrogens is 2. The number of carbonyl (C=O) groups is 1. The van der Waals surface area contributed by atoms with E-state index < -0.39 is 0 Å². The molecule has 0 atom stereocenters. The highest BCUT2D eigenvalue weighted by Gasteiger charge is 2.14. The molecule has 0 aliphatic heterocycles. The Morgan fingerprint density at radius 2 is 2.25 bits per heavy atom. The van der Waals surface area contributed by atoms with Crippen LogP contribution < -0.4 is 5.32 Å². The van der Waals surface area contributed by atoms with E-state index in [0.717, 1.165) is 24.2 Å². The van der Waals surface area contributed by atoms with Crippen molar-refractivity contribution in [2.24, 2.45) is 0 Å². The first-order valence-electron chi connectivity index (χ1n) is 6.72. The Bertz CT molecular complexity index is 607. The van der Waals surface area contributed by atoms with E-state index in [2.05, 4.69) is 17.3 Å². The fourth-order valence-corrected chi connectivity index (χ4v) is 2.16. The number of halogens is 1. The lowest BCUT2D eigenvalue weighted by Gasteiger charge is -2.06. The summed E-state index contributed by atoms with van der Waals surface area (Å²) in [6.45, 7) is 4.66. The molecule has 0 aliphatic rings. The number of amides is 1. The molecular formula is C15H18ClN3O. The van der Waals surface area contributed by atoms with Gasteiger partial charge in [-0.25, -0.2) is 4.68 Å². The first-order valence-corrected chi connectivity index (χ1v) is 7.10. The summed E-state index contributed by atoms with van der Waals surface area (Å²) in [6, 6.07) is 7.40. The Morgan fingerprint density at radius 1 is 1.45 bits per heavy atom. The maximum absolute atomic E-state index is 12.1. The molecule has 1 N–H and O–H groups in total. The molecule has 0 saturated heterocycles. The van der Waals surface area contributed by atoms with Crippen LogP contribution in [-0.2, 0) is 0 Å². The quantitative estimate of drug-likeness (QED) is 0.859. The SMILES string of the molecule is CCCCNC(=O)c1cnn(-c2cccc(Cl)c2)c1C. The second-order valence-electron chi connectivity index (χ2n) is 4.64. The molecule has 20 heavy (non-hydrogen) atoms. The zero-order valence-corrected chi connectivity index (χ0v) is 12.4. The molecule has 1 heterocycles. The molecule has 106 valence electrons. The molecule has 5 heteroatoms. The number of nitrogens with zero attached hydrogens (tertiary/aromatic N) is 2. The molecule has 1 aromatic carbocycles. The summed E-state index contributed by atoms with van der Waals surface area (Å²) in [5.74, 6) is -0.0794. The smallest absolute Gasteiger partial charge is 0.254 e. The summed E-state index contributed by atoms with van der Waals surface area (Å²) in [6.07, 6.45) is 3.63. The summed E-state index contributed by atoms with van der Waals surface area (Å²) >= 11 is 5.98. The molecule has 4 nitrogen and oxygen atoms in total. The summed E-state index contributed by atoms with van der Waals surface area (Å²) in [5.41, 5.74) is 2.25. The van der Waals surface area contributed by atoms with Crippen LogP contribution in [0, 0.1) is 6.92 Å². The fourth-order valence-electron chi connectivity index (χ4n) is 1.97. The molecule has 0 bridgehead atoms. The summed E-state index contributed by atoms with van der Waals surface area (Å²) < 4.78 is 1.72. The van der Waals surface area contributed by atoms with Gasteiger partial charge in [0, 0.05) is 11.6 Å². The molecule has 1 aromatic heterocycles. The van der Waals surface area contributed by atoms with Crippen LogP contribution in [0.4, 0.5) is 0 Å². The molecule has 0 radical (unpaired) electrons. The van der Waals surface area contributed by atoms with Crippen LogP contribution in [0.5, 0.6) is 0 Å². The Labute approximate surface area is 123 Å². The topological polar surface area (TPSA) is 46.9 Å². The highest BCUT2D eigenvalue weighted by atomic mass is 35.5. The standard InChI is InChI=1S/C15H18ClN3O/c1-3-4-8-17-15(20)14-10-18-19(11(14)2)13-7-5-6-12(16)9-13/h5-7,9-10H,3-4,8H2,1-2H3,(H,17,20). The first-order chi connectivity index (χ1) is 9.63. The predicted molar refractivity (Wildman–Crippen MR) is 80.6 cm³/mol. The van der Waals surface area contributed by atoms with Crippen molar-refractivity contribution >= 4 is 17.5 Å². The van der Waals surface area contributed by atoms with E-state index in [1.54, 1.807) is 10.9 Å². The van der Waals surface area contributed by atoms with Gasteiger partial charge >= 0.3 is 0 Å². The zero-order chi connectivity index (χ0) is 14.5. The van der Waals surface area contributed by atoms with Crippen LogP contribution in [0.25, 0.3) is 5.69 Å². The average Bonchev–Trinajstić information content (AvgIpc) is 2.81. The lowest BCUT2D eigenvalue weighted by atomic mass is 10.2. The van der Waals surface area contributed by atoms with Gasteiger partial charge in [-0.1, -0.05) is 31.0 Å². The summed E-state index contributed by atoms with van der Waals surface area (Å²) in [7, 11) is 0. The van der Waals surface area contributed by atoms with Gasteiger partial charge in [0.15, 0.2) is 0 Å². The maximum atomic E-state index is 12.1. The molecule has 1 amide bonds. The van der Waals surface area contributed by atoms with Crippen LogP contribution in [0.15, 0.2) is 30.5 Å². The third-order valence-corrected chi connectivity index (χ3v) is 3.36. The van der Waals surface area contributed by atoms with Crippen LogP contribution in [0.2, 0.25) is 5.02 Å². The Kier molecular flexibility index (Phi) is 4.79. The summed E-state index contributed by atoms with van der Waals surface area (Å²) in [4.78, 5) is 12.1. The third-order valence-electron chi connectivity index (χ3n) is 3.12. The monoisotopic (exact) mass is 291 g/mol. The van der Waals surface area contributed by atoms with Crippen LogP contribution in [-0.4, -0.2) is 22.2 Å². The zero-order valence-electron chi connectivity index (χ0n) is 11.7. The van der Waals surface area contributed by atoms with Gasteiger partial charge in [-0.2, -0.15) is 5.10 Å². The van der Waals surface area contributed by atoms with Crippen LogP contribution >= 0.6 is 11.6 Å². The van der Waals surface area contributed by atoms with Crippen LogP contribution in [0.1, 0.15) is 35.8 Å². The van der Waals surface area contributed by atoms with Crippen LogP contribution in [0.3, 0.4) is 0 Å². The Morgan fingerprint density at radius 3 is 2.95 bits per heavy atom. The van der Waals surface area contributed by atoms with Gasteiger partial charge in [0.25, 0.3) is 5.91 Å². The van der Waals surface area contributed by atoms with E-state index in [-0.39, 0.29) is 5.91 Å². The van der Waals surface area contributed by atoms with Crippen molar-refractivity contribution < 1.29 is 4.79 Å². The number of carbonyl (C=O) groups excluding carboxylic acids is 1. The Balaban J connectivity index is 2.21. The number of benzene rings is 1.